The quantitative estimate of drug-likeness (QED) is 0.221. The normalized spacial score (nSPS) is 11.6. The van der Waals surface area contributed by atoms with Crippen molar-refractivity contribution in [3.05, 3.63) is 114 Å². The van der Waals surface area contributed by atoms with E-state index >= 15 is 0 Å². The molecule has 0 aliphatic heterocycles. The van der Waals surface area contributed by atoms with E-state index in [0.29, 0.717) is 24.3 Å². The summed E-state index contributed by atoms with van der Waals surface area (Å²) >= 11 is 1.55. The van der Waals surface area contributed by atoms with Crippen molar-refractivity contribution in [1.29, 1.82) is 0 Å². The molecule has 3 aromatic carbocycles. The molecule has 2 N–H and O–H groups in total. The lowest BCUT2D eigenvalue weighted by atomic mass is 9.93. The number of nitrogens with one attached hydrogen (secondary N) is 1. The van der Waals surface area contributed by atoms with E-state index < -0.39 is 17.9 Å². The van der Waals surface area contributed by atoms with Crippen molar-refractivity contribution in [2.24, 2.45) is 0 Å². The minimum atomic E-state index is -1.03. The van der Waals surface area contributed by atoms with Gasteiger partial charge in [0.2, 0.25) is 0 Å². The summed E-state index contributed by atoms with van der Waals surface area (Å²) in [5.74, 6) is -0.783. The largest absolute Gasteiger partial charge is 0.480 e. The number of amides is 1. The first-order chi connectivity index (χ1) is 19.5. The molecule has 1 aromatic heterocycles. The summed E-state index contributed by atoms with van der Waals surface area (Å²) in [5, 5.41) is 12.4. The SMILES string of the molecule is CSCCC(NC(=O)c1ccc(CN(CCc2ccccc2)c2cncnc2)cc1-c1ccccc1C)C(=O)O. The van der Waals surface area contributed by atoms with Gasteiger partial charge < -0.3 is 15.3 Å². The van der Waals surface area contributed by atoms with E-state index in [4.69, 9.17) is 0 Å². The zero-order valence-electron chi connectivity index (χ0n) is 22.8. The van der Waals surface area contributed by atoms with Crippen molar-refractivity contribution in [3.63, 3.8) is 0 Å². The monoisotopic (exact) mass is 554 g/mol. The fraction of sp³-hybridized carbons (Fsp3) is 0.250. The number of rotatable bonds is 13. The number of aliphatic carboxylic acids is 1. The Morgan fingerprint density at radius 2 is 1.68 bits per heavy atom. The zero-order chi connectivity index (χ0) is 28.3. The van der Waals surface area contributed by atoms with Crippen LogP contribution >= 0.6 is 11.8 Å². The molecule has 40 heavy (non-hydrogen) atoms. The molecule has 0 bridgehead atoms. The van der Waals surface area contributed by atoms with Gasteiger partial charge in [-0.25, -0.2) is 14.8 Å². The number of carboxylic acids is 1. The summed E-state index contributed by atoms with van der Waals surface area (Å²) in [5.41, 5.74) is 6.36. The molecule has 0 aliphatic carbocycles. The Kier molecular flexibility index (Phi) is 10.3. The van der Waals surface area contributed by atoms with E-state index in [2.05, 4.69) is 32.3 Å². The molecule has 0 aliphatic rings. The first kappa shape index (κ1) is 28.8. The number of carbonyl (C=O) groups excluding carboxylic acids is 1. The van der Waals surface area contributed by atoms with Gasteiger partial charge in [0.15, 0.2) is 0 Å². The second-order valence-corrected chi connectivity index (χ2v) is 10.6. The van der Waals surface area contributed by atoms with Gasteiger partial charge in [-0.1, -0.05) is 60.7 Å². The number of carboxylic acid groups (broad SMARTS) is 1. The molecule has 0 saturated carbocycles. The highest BCUT2D eigenvalue weighted by Gasteiger charge is 2.23. The van der Waals surface area contributed by atoms with E-state index in [9.17, 15) is 14.7 Å². The molecular formula is C32H34N4O3S. The molecule has 0 radical (unpaired) electrons. The lowest BCUT2D eigenvalue weighted by Gasteiger charge is -2.25. The Morgan fingerprint density at radius 3 is 2.38 bits per heavy atom. The third-order valence-electron chi connectivity index (χ3n) is 6.78. The van der Waals surface area contributed by atoms with Gasteiger partial charge in [0.25, 0.3) is 5.91 Å². The predicted octanol–water partition coefficient (Wildman–Crippen LogP) is 5.64. The Labute approximate surface area is 239 Å². The summed E-state index contributed by atoms with van der Waals surface area (Å²) in [6.45, 7) is 3.36. The number of carbonyl (C=O) groups is 2. The number of thioether (sulfide) groups is 1. The second kappa shape index (κ2) is 14.3. The van der Waals surface area contributed by atoms with Gasteiger partial charge in [-0.05, 0) is 71.7 Å². The van der Waals surface area contributed by atoms with Gasteiger partial charge in [0.1, 0.15) is 12.4 Å². The van der Waals surface area contributed by atoms with Crippen molar-refractivity contribution in [1.82, 2.24) is 15.3 Å². The van der Waals surface area contributed by atoms with Crippen molar-refractivity contribution < 1.29 is 14.7 Å². The van der Waals surface area contributed by atoms with E-state index in [-0.39, 0.29) is 0 Å². The number of anilines is 1. The third-order valence-corrected chi connectivity index (χ3v) is 7.42. The third kappa shape index (κ3) is 7.70. The van der Waals surface area contributed by atoms with Gasteiger partial charge in [0.05, 0.1) is 18.1 Å². The lowest BCUT2D eigenvalue weighted by molar-refractivity contribution is -0.139. The van der Waals surface area contributed by atoms with E-state index in [0.717, 1.165) is 40.9 Å². The standard InChI is InChI=1S/C32H34N4O3S/c1-23-8-6-7-11-27(23)29-18-25(12-13-28(29)31(37)35-30(32(38)39)15-17-40-2)21-36(26-19-33-22-34-20-26)16-14-24-9-4-3-5-10-24/h3-13,18-20,22,30H,14-17,21H2,1-2H3,(H,35,37)(H,38,39). The molecule has 1 unspecified atom stereocenters. The van der Waals surface area contributed by atoms with Crippen LogP contribution in [0.5, 0.6) is 0 Å². The number of hydrogen-bond donors (Lipinski definition) is 2. The number of hydrogen-bond acceptors (Lipinski definition) is 6. The van der Waals surface area contributed by atoms with E-state index in [1.165, 1.54) is 11.9 Å². The number of benzene rings is 3. The molecular weight excluding hydrogens is 520 g/mol. The minimum absolute atomic E-state index is 0.357. The van der Waals surface area contributed by atoms with Gasteiger partial charge in [-0.15, -0.1) is 0 Å². The first-order valence-corrected chi connectivity index (χ1v) is 14.6. The number of nitrogens with zero attached hydrogens (tertiary/aromatic N) is 3. The fourth-order valence-electron chi connectivity index (χ4n) is 4.60. The first-order valence-electron chi connectivity index (χ1n) is 13.2. The van der Waals surface area contributed by atoms with Crippen LogP contribution in [-0.2, 0) is 17.8 Å². The average Bonchev–Trinajstić information content (AvgIpc) is 2.98. The van der Waals surface area contributed by atoms with Gasteiger partial charge in [0, 0.05) is 18.7 Å². The highest BCUT2D eigenvalue weighted by Crippen LogP contribution is 2.29. The molecule has 1 amide bonds. The van der Waals surface area contributed by atoms with Crippen LogP contribution < -0.4 is 10.2 Å². The smallest absolute Gasteiger partial charge is 0.326 e. The molecule has 1 atom stereocenters. The average molecular weight is 555 g/mol. The fourth-order valence-corrected chi connectivity index (χ4v) is 5.07. The van der Waals surface area contributed by atoms with Crippen molar-refractivity contribution in [2.45, 2.75) is 32.4 Å². The molecule has 7 nitrogen and oxygen atoms in total. The molecule has 0 spiro atoms. The van der Waals surface area contributed by atoms with Crippen molar-refractivity contribution in [3.8, 4) is 11.1 Å². The molecule has 0 fully saturated rings. The van der Waals surface area contributed by atoms with Crippen molar-refractivity contribution in [2.75, 3.05) is 23.5 Å². The highest BCUT2D eigenvalue weighted by molar-refractivity contribution is 7.98. The molecule has 8 heteroatoms. The maximum absolute atomic E-state index is 13.4. The lowest BCUT2D eigenvalue weighted by Crippen LogP contribution is -2.41. The molecule has 4 rings (SSSR count). The van der Waals surface area contributed by atoms with Crippen LogP contribution in [0, 0.1) is 6.92 Å². The Balaban J connectivity index is 1.66. The minimum Gasteiger partial charge on any atom is -0.480 e. The van der Waals surface area contributed by atoms with Crippen LogP contribution in [0.4, 0.5) is 5.69 Å². The van der Waals surface area contributed by atoms with Gasteiger partial charge >= 0.3 is 5.97 Å². The van der Waals surface area contributed by atoms with Crippen LogP contribution in [0.15, 0.2) is 91.5 Å². The molecule has 4 aromatic rings. The molecule has 206 valence electrons. The van der Waals surface area contributed by atoms with Crippen LogP contribution in [0.1, 0.15) is 33.5 Å². The summed E-state index contributed by atoms with van der Waals surface area (Å²) in [4.78, 5) is 35.9. The second-order valence-electron chi connectivity index (χ2n) is 9.59. The topological polar surface area (TPSA) is 95.4 Å². The number of aryl methyl sites for hydroxylation is 1. The zero-order valence-corrected chi connectivity index (χ0v) is 23.6. The Bertz CT molecular complexity index is 1420. The highest BCUT2D eigenvalue weighted by atomic mass is 32.2. The van der Waals surface area contributed by atoms with E-state index in [1.807, 2.05) is 80.2 Å². The van der Waals surface area contributed by atoms with Crippen LogP contribution in [0.3, 0.4) is 0 Å². The van der Waals surface area contributed by atoms with Crippen LogP contribution in [-0.4, -0.2) is 51.5 Å². The predicted molar refractivity (Wildman–Crippen MR) is 162 cm³/mol. The van der Waals surface area contributed by atoms with Gasteiger partial charge in [-0.2, -0.15) is 11.8 Å². The molecule has 1 heterocycles. The summed E-state index contributed by atoms with van der Waals surface area (Å²) in [6, 6.07) is 23.1. The summed E-state index contributed by atoms with van der Waals surface area (Å²) in [7, 11) is 0. The summed E-state index contributed by atoms with van der Waals surface area (Å²) in [6.07, 6.45) is 8.26. The Hall–Kier alpha value is -4.17. The summed E-state index contributed by atoms with van der Waals surface area (Å²) < 4.78 is 0. The molecule has 0 saturated heterocycles. The Morgan fingerprint density at radius 1 is 0.950 bits per heavy atom. The van der Waals surface area contributed by atoms with Crippen LogP contribution in [0.2, 0.25) is 0 Å². The maximum Gasteiger partial charge on any atom is 0.326 e. The van der Waals surface area contributed by atoms with E-state index in [1.54, 1.807) is 17.8 Å². The van der Waals surface area contributed by atoms with Gasteiger partial charge in [-0.3, -0.25) is 4.79 Å². The van der Waals surface area contributed by atoms with Crippen LogP contribution in [0.25, 0.3) is 11.1 Å². The maximum atomic E-state index is 13.4. The van der Waals surface area contributed by atoms with Crippen molar-refractivity contribution >= 4 is 29.3 Å². The number of aromatic nitrogens is 2.